The van der Waals surface area contributed by atoms with Gasteiger partial charge in [0, 0.05) is 25.5 Å². The van der Waals surface area contributed by atoms with E-state index in [1.807, 2.05) is 0 Å². The van der Waals surface area contributed by atoms with Crippen LogP contribution in [0.1, 0.15) is 19.4 Å². The predicted molar refractivity (Wildman–Crippen MR) is 60.9 cm³/mol. The molecule has 1 aromatic heterocycles. The lowest BCUT2D eigenvalue weighted by molar-refractivity contribution is -0.142. The van der Waals surface area contributed by atoms with Crippen LogP contribution >= 0.6 is 0 Å². The zero-order valence-corrected chi connectivity index (χ0v) is 9.89. The van der Waals surface area contributed by atoms with E-state index in [4.69, 9.17) is 0 Å². The van der Waals surface area contributed by atoms with E-state index >= 15 is 0 Å². The lowest BCUT2D eigenvalue weighted by atomic mass is 10.2. The maximum Gasteiger partial charge on any atom is 0.265 e. The van der Waals surface area contributed by atoms with Crippen LogP contribution in [-0.4, -0.2) is 34.3 Å². The fraction of sp³-hybridized carbons (Fsp3) is 0.417. The van der Waals surface area contributed by atoms with Crippen molar-refractivity contribution >= 4 is 11.7 Å². The molecule has 0 aromatic carbocycles. The largest absolute Gasteiger partial charge is 0.336 e. The second-order valence-corrected chi connectivity index (χ2v) is 3.68. The second kappa shape index (κ2) is 6.08. The van der Waals surface area contributed by atoms with Gasteiger partial charge in [-0.05, 0) is 31.5 Å². The molecular formula is C12H15FN2O2. The van der Waals surface area contributed by atoms with E-state index in [1.54, 1.807) is 31.5 Å². The van der Waals surface area contributed by atoms with Gasteiger partial charge in [-0.2, -0.15) is 0 Å². The maximum absolute atomic E-state index is 13.3. The van der Waals surface area contributed by atoms with Crippen molar-refractivity contribution in [3.8, 4) is 0 Å². The Kier molecular flexibility index (Phi) is 4.75. The van der Waals surface area contributed by atoms with Gasteiger partial charge in [-0.1, -0.05) is 0 Å². The zero-order valence-electron chi connectivity index (χ0n) is 9.89. The number of carbonyl (C=O) groups is 2. The number of Topliss-reactive ketones (excluding diaryl/α,β-unsaturated/α-hetero) is 1. The molecule has 0 aliphatic rings. The molecule has 1 rings (SSSR count). The van der Waals surface area contributed by atoms with Crippen LogP contribution in [0.3, 0.4) is 0 Å². The topological polar surface area (TPSA) is 50.3 Å². The van der Waals surface area contributed by atoms with Crippen LogP contribution < -0.4 is 0 Å². The van der Waals surface area contributed by atoms with Crippen molar-refractivity contribution in [3.63, 3.8) is 0 Å². The van der Waals surface area contributed by atoms with Crippen LogP contribution in [0.4, 0.5) is 4.39 Å². The van der Waals surface area contributed by atoms with Crippen LogP contribution in [0.2, 0.25) is 0 Å². The van der Waals surface area contributed by atoms with Crippen molar-refractivity contribution in [1.82, 2.24) is 9.88 Å². The molecule has 17 heavy (non-hydrogen) atoms. The van der Waals surface area contributed by atoms with E-state index in [0.717, 1.165) is 12.5 Å². The number of carbonyl (C=O) groups excluding carboxylic acids is 2. The van der Waals surface area contributed by atoms with Crippen LogP contribution in [0.15, 0.2) is 24.5 Å². The summed E-state index contributed by atoms with van der Waals surface area (Å²) in [6, 6.07) is 3.49. The second-order valence-electron chi connectivity index (χ2n) is 3.68. The van der Waals surface area contributed by atoms with Gasteiger partial charge in [-0.25, -0.2) is 4.39 Å². The van der Waals surface area contributed by atoms with Gasteiger partial charge in [0.2, 0.25) is 6.17 Å². The van der Waals surface area contributed by atoms with Gasteiger partial charge in [-0.3, -0.25) is 14.6 Å². The Hall–Kier alpha value is -1.78. The molecule has 0 aliphatic heterocycles. The molecule has 1 aromatic rings. The first-order valence-corrected chi connectivity index (χ1v) is 5.38. The van der Waals surface area contributed by atoms with Crippen LogP contribution in [0.5, 0.6) is 0 Å². The minimum Gasteiger partial charge on any atom is -0.336 e. The number of ketones is 1. The van der Waals surface area contributed by atoms with Crippen molar-refractivity contribution in [2.45, 2.75) is 26.6 Å². The van der Waals surface area contributed by atoms with E-state index < -0.39 is 17.9 Å². The summed E-state index contributed by atoms with van der Waals surface area (Å²) >= 11 is 0. The molecule has 1 unspecified atom stereocenters. The number of hydrogen-bond donors (Lipinski definition) is 0. The van der Waals surface area contributed by atoms with Crippen molar-refractivity contribution < 1.29 is 14.0 Å². The van der Waals surface area contributed by atoms with Crippen molar-refractivity contribution in [1.29, 1.82) is 0 Å². The minimum atomic E-state index is -2.06. The Labute approximate surface area is 99.5 Å². The van der Waals surface area contributed by atoms with Crippen molar-refractivity contribution in [3.05, 3.63) is 30.1 Å². The molecule has 0 fully saturated rings. The Morgan fingerprint density at radius 1 is 1.41 bits per heavy atom. The summed E-state index contributed by atoms with van der Waals surface area (Å²) in [6.45, 7) is 3.45. The number of amides is 1. The molecule has 4 nitrogen and oxygen atoms in total. The van der Waals surface area contributed by atoms with Gasteiger partial charge in [-0.15, -0.1) is 0 Å². The Morgan fingerprint density at radius 2 is 2.00 bits per heavy atom. The molecule has 92 valence electrons. The molecule has 0 N–H and O–H groups in total. The van der Waals surface area contributed by atoms with Crippen molar-refractivity contribution in [2.24, 2.45) is 0 Å². The fourth-order valence-electron chi connectivity index (χ4n) is 1.39. The smallest absolute Gasteiger partial charge is 0.265 e. The lowest BCUT2D eigenvalue weighted by Gasteiger charge is -2.21. The third kappa shape index (κ3) is 3.62. The average molecular weight is 238 g/mol. The monoisotopic (exact) mass is 238 g/mol. The normalized spacial score (nSPS) is 11.9. The first-order valence-electron chi connectivity index (χ1n) is 5.38. The summed E-state index contributed by atoms with van der Waals surface area (Å²) < 4.78 is 13.3. The van der Waals surface area contributed by atoms with E-state index in [0.29, 0.717) is 6.54 Å². The molecule has 0 spiro atoms. The predicted octanol–water partition coefficient (Wildman–Crippen LogP) is 1.36. The molecule has 1 amide bonds. The molecule has 1 atom stereocenters. The summed E-state index contributed by atoms with van der Waals surface area (Å²) in [5.41, 5.74) is 0.853. The minimum absolute atomic E-state index is 0.283. The van der Waals surface area contributed by atoms with E-state index in [1.165, 1.54) is 4.90 Å². The van der Waals surface area contributed by atoms with Crippen LogP contribution in [0, 0.1) is 0 Å². The van der Waals surface area contributed by atoms with Gasteiger partial charge >= 0.3 is 0 Å². The third-order valence-corrected chi connectivity index (χ3v) is 2.39. The molecule has 1 heterocycles. The SMILES string of the molecule is CCN(Cc1ccncc1)C(=O)C(F)C(C)=O. The van der Waals surface area contributed by atoms with E-state index in [2.05, 4.69) is 4.98 Å². The molecule has 0 bridgehead atoms. The highest BCUT2D eigenvalue weighted by atomic mass is 19.1. The highest BCUT2D eigenvalue weighted by molar-refractivity contribution is 6.03. The molecular weight excluding hydrogens is 223 g/mol. The molecule has 0 radical (unpaired) electrons. The summed E-state index contributed by atoms with van der Waals surface area (Å²) in [5, 5.41) is 0. The Balaban J connectivity index is 2.72. The highest BCUT2D eigenvalue weighted by Crippen LogP contribution is 2.07. The standard InChI is InChI=1S/C12H15FN2O2/c1-3-15(12(17)11(13)9(2)16)8-10-4-6-14-7-5-10/h4-7,11H,3,8H2,1-2H3. The Morgan fingerprint density at radius 3 is 2.47 bits per heavy atom. The summed E-state index contributed by atoms with van der Waals surface area (Å²) in [6.07, 6.45) is 1.15. The number of halogens is 1. The van der Waals surface area contributed by atoms with Crippen molar-refractivity contribution in [2.75, 3.05) is 6.54 Å². The molecule has 5 heteroatoms. The average Bonchev–Trinajstić information content (AvgIpc) is 2.35. The van der Waals surface area contributed by atoms with Gasteiger partial charge < -0.3 is 4.90 Å². The number of pyridine rings is 1. The fourth-order valence-corrected chi connectivity index (χ4v) is 1.39. The number of rotatable bonds is 5. The first-order chi connectivity index (χ1) is 8.06. The molecule has 0 aliphatic carbocycles. The van der Waals surface area contributed by atoms with E-state index in [9.17, 15) is 14.0 Å². The molecule has 0 saturated heterocycles. The summed E-state index contributed by atoms with van der Waals surface area (Å²) in [4.78, 5) is 27.6. The third-order valence-electron chi connectivity index (χ3n) is 2.39. The van der Waals surface area contributed by atoms with Gasteiger partial charge in [0.15, 0.2) is 5.78 Å². The zero-order chi connectivity index (χ0) is 12.8. The van der Waals surface area contributed by atoms with Gasteiger partial charge in [0.1, 0.15) is 0 Å². The van der Waals surface area contributed by atoms with Gasteiger partial charge in [0.25, 0.3) is 5.91 Å². The summed E-state index contributed by atoms with van der Waals surface area (Å²) in [7, 11) is 0. The number of alkyl halides is 1. The number of nitrogens with zero attached hydrogens (tertiary/aromatic N) is 2. The quantitative estimate of drug-likeness (QED) is 0.728. The Bertz CT molecular complexity index is 395. The number of aromatic nitrogens is 1. The highest BCUT2D eigenvalue weighted by Gasteiger charge is 2.26. The lowest BCUT2D eigenvalue weighted by Crippen LogP contribution is -2.39. The maximum atomic E-state index is 13.3. The molecule has 0 saturated carbocycles. The van der Waals surface area contributed by atoms with Crippen LogP contribution in [0.25, 0.3) is 0 Å². The number of hydrogen-bond acceptors (Lipinski definition) is 3. The van der Waals surface area contributed by atoms with Gasteiger partial charge in [0.05, 0.1) is 0 Å². The van der Waals surface area contributed by atoms with E-state index in [-0.39, 0.29) is 6.54 Å². The van der Waals surface area contributed by atoms with Crippen LogP contribution in [-0.2, 0) is 16.1 Å². The summed E-state index contributed by atoms with van der Waals surface area (Å²) in [5.74, 6) is -1.54. The first kappa shape index (κ1) is 13.3.